The van der Waals surface area contributed by atoms with Crippen LogP contribution in [0.3, 0.4) is 0 Å². The summed E-state index contributed by atoms with van der Waals surface area (Å²) in [6, 6.07) is 0. The molecule has 0 aromatic heterocycles. The molecule has 1 unspecified atom stereocenters. The van der Waals surface area contributed by atoms with Gasteiger partial charge in [0.25, 0.3) is 0 Å². The second kappa shape index (κ2) is 3.37. The van der Waals surface area contributed by atoms with Crippen LogP contribution in [0.15, 0.2) is 0 Å². The van der Waals surface area contributed by atoms with Crippen LogP contribution < -0.4 is 5.32 Å². The lowest BCUT2D eigenvalue weighted by atomic mass is 9.98. The molecule has 0 aliphatic carbocycles. The van der Waals surface area contributed by atoms with Crippen LogP contribution in [0.2, 0.25) is 0 Å². The monoisotopic (exact) mass is 157 g/mol. The van der Waals surface area contributed by atoms with Gasteiger partial charge in [-0.25, -0.2) is 0 Å². The largest absolute Gasteiger partial charge is 0.469 e. The van der Waals surface area contributed by atoms with E-state index in [4.69, 9.17) is 0 Å². The summed E-state index contributed by atoms with van der Waals surface area (Å²) in [5.41, 5.74) is 0. The third-order valence-electron chi connectivity index (χ3n) is 1.78. The lowest BCUT2D eigenvalue weighted by Crippen LogP contribution is -2.36. The first-order valence-electron chi connectivity index (χ1n) is 3.58. The molecule has 4 nitrogen and oxygen atoms in total. The lowest BCUT2D eigenvalue weighted by molar-refractivity contribution is -0.148. The normalized spacial score (nSPS) is 24.1. The number of hydrogen-bond donors (Lipinski definition) is 1. The Labute approximate surface area is 64.9 Å². The molecule has 0 radical (unpaired) electrons. The predicted molar refractivity (Wildman–Crippen MR) is 37.7 cm³/mol. The molecule has 1 atom stereocenters. The fourth-order valence-electron chi connectivity index (χ4n) is 1.15. The van der Waals surface area contributed by atoms with E-state index in [1.807, 2.05) is 0 Å². The molecular weight excluding hydrogens is 146 g/mol. The predicted octanol–water partition coefficient (Wildman–Crippen LogP) is -0.314. The summed E-state index contributed by atoms with van der Waals surface area (Å²) in [6.45, 7) is 0.582. The topological polar surface area (TPSA) is 55.4 Å². The van der Waals surface area contributed by atoms with Crippen molar-refractivity contribution in [3.63, 3.8) is 0 Å². The van der Waals surface area contributed by atoms with Gasteiger partial charge in [0.1, 0.15) is 0 Å². The Hall–Kier alpha value is -1.06. The maximum absolute atomic E-state index is 10.9. The highest BCUT2D eigenvalue weighted by atomic mass is 16.5. The fraction of sp³-hybridized carbons (Fsp3) is 0.714. The van der Waals surface area contributed by atoms with E-state index in [0.29, 0.717) is 13.0 Å². The molecule has 62 valence electrons. The van der Waals surface area contributed by atoms with Crippen molar-refractivity contribution in [1.82, 2.24) is 5.32 Å². The van der Waals surface area contributed by atoms with E-state index in [2.05, 4.69) is 10.1 Å². The summed E-state index contributed by atoms with van der Waals surface area (Å²) in [5.74, 6) is -0.569. The van der Waals surface area contributed by atoms with Gasteiger partial charge in [-0.05, 0) is 6.42 Å². The van der Waals surface area contributed by atoms with Gasteiger partial charge in [-0.15, -0.1) is 0 Å². The van der Waals surface area contributed by atoms with E-state index < -0.39 is 0 Å². The molecule has 0 bridgehead atoms. The van der Waals surface area contributed by atoms with E-state index in [9.17, 15) is 9.59 Å². The van der Waals surface area contributed by atoms with E-state index in [1.54, 1.807) is 0 Å². The molecule has 4 heteroatoms. The van der Waals surface area contributed by atoms with Crippen molar-refractivity contribution in [2.45, 2.75) is 12.8 Å². The first-order chi connectivity index (χ1) is 5.24. The number of nitrogens with one attached hydrogen (secondary N) is 1. The number of methoxy groups -OCH3 is 1. The van der Waals surface area contributed by atoms with Crippen LogP contribution in [0.1, 0.15) is 12.8 Å². The molecule has 1 saturated heterocycles. The standard InChI is InChI=1S/C7H11NO3/c1-11-7(10)5-2-3-8-6(9)4-5/h5H,2-4H2,1H3,(H,8,9). The van der Waals surface area contributed by atoms with Gasteiger partial charge in [-0.3, -0.25) is 9.59 Å². The van der Waals surface area contributed by atoms with Gasteiger partial charge in [0.15, 0.2) is 0 Å². The Bertz CT molecular complexity index is 179. The molecule has 11 heavy (non-hydrogen) atoms. The van der Waals surface area contributed by atoms with E-state index >= 15 is 0 Å². The first-order valence-corrected chi connectivity index (χ1v) is 3.58. The Morgan fingerprint density at radius 1 is 1.73 bits per heavy atom. The molecule has 1 aliphatic heterocycles. The van der Waals surface area contributed by atoms with Crippen LogP contribution in [0.5, 0.6) is 0 Å². The SMILES string of the molecule is COC(=O)C1CCNC(=O)C1. The quantitative estimate of drug-likeness (QED) is 0.531. The van der Waals surface area contributed by atoms with E-state index in [0.717, 1.165) is 0 Å². The highest BCUT2D eigenvalue weighted by molar-refractivity contribution is 5.84. The lowest BCUT2D eigenvalue weighted by Gasteiger charge is -2.19. The number of piperidine rings is 1. The van der Waals surface area contributed by atoms with Crippen molar-refractivity contribution in [3.05, 3.63) is 0 Å². The summed E-state index contributed by atoms with van der Waals surface area (Å²) in [5, 5.41) is 2.64. The van der Waals surface area contributed by atoms with Crippen LogP contribution in [0.25, 0.3) is 0 Å². The second-order valence-corrected chi connectivity index (χ2v) is 2.56. The van der Waals surface area contributed by atoms with E-state index in [1.165, 1.54) is 7.11 Å². The summed E-state index contributed by atoms with van der Waals surface area (Å²) in [6.07, 6.45) is 0.963. The molecule has 1 aliphatic rings. The van der Waals surface area contributed by atoms with Gasteiger partial charge in [-0.2, -0.15) is 0 Å². The van der Waals surface area contributed by atoms with Gasteiger partial charge in [0, 0.05) is 13.0 Å². The van der Waals surface area contributed by atoms with Crippen LogP contribution in [-0.2, 0) is 14.3 Å². The molecule has 1 heterocycles. The Morgan fingerprint density at radius 3 is 3.00 bits per heavy atom. The minimum Gasteiger partial charge on any atom is -0.469 e. The number of rotatable bonds is 1. The van der Waals surface area contributed by atoms with Crippen molar-refractivity contribution >= 4 is 11.9 Å². The summed E-state index contributed by atoms with van der Waals surface area (Å²) in [7, 11) is 1.34. The first kappa shape index (κ1) is 8.04. The minimum atomic E-state index is -0.278. The van der Waals surface area contributed by atoms with Crippen molar-refractivity contribution in [2.24, 2.45) is 5.92 Å². The van der Waals surface area contributed by atoms with Gasteiger partial charge in [0.2, 0.25) is 5.91 Å². The average molecular weight is 157 g/mol. The highest BCUT2D eigenvalue weighted by Gasteiger charge is 2.25. The molecule has 0 aromatic carbocycles. The van der Waals surface area contributed by atoms with Gasteiger partial charge in [-0.1, -0.05) is 0 Å². The molecule has 1 N–H and O–H groups in total. The van der Waals surface area contributed by atoms with Crippen molar-refractivity contribution in [2.75, 3.05) is 13.7 Å². The number of hydrogen-bond acceptors (Lipinski definition) is 3. The molecule has 0 aromatic rings. The van der Waals surface area contributed by atoms with Gasteiger partial charge in [0.05, 0.1) is 13.0 Å². The number of ether oxygens (including phenoxy) is 1. The molecule has 1 fully saturated rings. The van der Waals surface area contributed by atoms with Crippen LogP contribution >= 0.6 is 0 Å². The summed E-state index contributed by atoms with van der Waals surface area (Å²) >= 11 is 0. The number of amides is 1. The average Bonchev–Trinajstić information content (AvgIpc) is 2.03. The van der Waals surface area contributed by atoms with Gasteiger partial charge >= 0.3 is 5.97 Å². The Kier molecular flexibility index (Phi) is 2.46. The third kappa shape index (κ3) is 1.93. The zero-order chi connectivity index (χ0) is 8.27. The Balaban J connectivity index is 2.45. The summed E-state index contributed by atoms with van der Waals surface area (Å²) in [4.78, 5) is 21.7. The fourth-order valence-corrected chi connectivity index (χ4v) is 1.15. The van der Waals surface area contributed by atoms with Crippen molar-refractivity contribution < 1.29 is 14.3 Å². The number of carbonyl (C=O) groups is 2. The number of carbonyl (C=O) groups excluding carboxylic acids is 2. The van der Waals surface area contributed by atoms with Crippen LogP contribution in [0, 0.1) is 5.92 Å². The molecule has 1 rings (SSSR count). The third-order valence-corrected chi connectivity index (χ3v) is 1.78. The van der Waals surface area contributed by atoms with Crippen molar-refractivity contribution in [3.8, 4) is 0 Å². The van der Waals surface area contributed by atoms with Gasteiger partial charge < -0.3 is 10.1 Å². The molecule has 1 amide bonds. The zero-order valence-corrected chi connectivity index (χ0v) is 6.42. The maximum Gasteiger partial charge on any atom is 0.309 e. The Morgan fingerprint density at radius 2 is 2.45 bits per heavy atom. The van der Waals surface area contributed by atoms with Crippen LogP contribution in [-0.4, -0.2) is 25.5 Å². The maximum atomic E-state index is 10.9. The molecule has 0 saturated carbocycles. The second-order valence-electron chi connectivity index (χ2n) is 2.56. The zero-order valence-electron chi connectivity index (χ0n) is 6.42. The van der Waals surface area contributed by atoms with E-state index in [-0.39, 0.29) is 24.2 Å². The molecule has 0 spiro atoms. The van der Waals surface area contributed by atoms with Crippen molar-refractivity contribution in [1.29, 1.82) is 0 Å². The smallest absolute Gasteiger partial charge is 0.309 e. The van der Waals surface area contributed by atoms with Crippen LogP contribution in [0.4, 0.5) is 0 Å². The minimum absolute atomic E-state index is 0.0633. The number of esters is 1. The summed E-state index contributed by atoms with van der Waals surface area (Å²) < 4.78 is 4.52. The highest BCUT2D eigenvalue weighted by Crippen LogP contribution is 2.13. The molecular formula is C7H11NO3.